The number of carbonyl (C=O) groups excluding carboxylic acids is 1. The molecule has 21 heavy (non-hydrogen) atoms. The number of benzene rings is 1. The van der Waals surface area contributed by atoms with Crippen LogP contribution in [0.25, 0.3) is 0 Å². The van der Waals surface area contributed by atoms with E-state index in [0.29, 0.717) is 22.3 Å². The fourth-order valence-electron chi connectivity index (χ4n) is 1.74. The van der Waals surface area contributed by atoms with Gasteiger partial charge in [0.15, 0.2) is 6.61 Å². The van der Waals surface area contributed by atoms with Crippen molar-refractivity contribution < 1.29 is 13.9 Å². The van der Waals surface area contributed by atoms with E-state index in [2.05, 4.69) is 0 Å². The fraction of sp³-hybridized carbons (Fsp3) is 0.267. The minimum absolute atomic E-state index is 0.115. The van der Waals surface area contributed by atoms with E-state index in [4.69, 9.17) is 32.4 Å². The number of hydrogen-bond donors (Lipinski definition) is 0. The Morgan fingerprint density at radius 2 is 2.05 bits per heavy atom. The molecule has 2 rings (SSSR count). The van der Waals surface area contributed by atoms with Gasteiger partial charge < -0.3 is 14.1 Å². The van der Waals surface area contributed by atoms with Crippen molar-refractivity contribution in [1.29, 1.82) is 0 Å². The first-order valence-electron chi connectivity index (χ1n) is 6.33. The summed E-state index contributed by atoms with van der Waals surface area (Å²) in [6.07, 6.45) is 0. The predicted octanol–water partition coefficient (Wildman–Crippen LogP) is 3.93. The molecule has 112 valence electrons. The van der Waals surface area contributed by atoms with Gasteiger partial charge in [0.1, 0.15) is 22.3 Å². The number of aryl methyl sites for hydroxylation is 1. The van der Waals surface area contributed by atoms with Crippen LogP contribution in [0.2, 0.25) is 10.0 Å². The van der Waals surface area contributed by atoms with Crippen molar-refractivity contribution in [2.45, 2.75) is 13.5 Å². The summed E-state index contributed by atoms with van der Waals surface area (Å²) in [5, 5.41) is 0.692. The van der Waals surface area contributed by atoms with E-state index in [0.717, 1.165) is 11.5 Å². The topological polar surface area (TPSA) is 42.7 Å². The normalized spacial score (nSPS) is 10.5. The molecule has 4 nitrogen and oxygen atoms in total. The summed E-state index contributed by atoms with van der Waals surface area (Å²) in [5.41, 5.74) is 0. The van der Waals surface area contributed by atoms with Crippen LogP contribution in [0.5, 0.6) is 5.75 Å². The molecular weight excluding hydrogens is 313 g/mol. The monoisotopic (exact) mass is 327 g/mol. The summed E-state index contributed by atoms with van der Waals surface area (Å²) in [6.45, 7) is 2.13. The third kappa shape index (κ3) is 4.16. The van der Waals surface area contributed by atoms with Crippen molar-refractivity contribution >= 4 is 29.1 Å². The van der Waals surface area contributed by atoms with Crippen molar-refractivity contribution in [2.24, 2.45) is 0 Å². The molecule has 1 aromatic heterocycles. The molecule has 0 spiro atoms. The van der Waals surface area contributed by atoms with Crippen LogP contribution >= 0.6 is 23.2 Å². The molecule has 0 aliphatic carbocycles. The van der Waals surface area contributed by atoms with Gasteiger partial charge in [-0.1, -0.05) is 29.3 Å². The maximum atomic E-state index is 12.0. The fourth-order valence-corrected chi connectivity index (χ4v) is 2.08. The first-order chi connectivity index (χ1) is 9.97. The van der Waals surface area contributed by atoms with Crippen molar-refractivity contribution in [2.75, 3.05) is 13.7 Å². The summed E-state index contributed by atoms with van der Waals surface area (Å²) in [6, 6.07) is 8.73. The number of amides is 1. The van der Waals surface area contributed by atoms with Gasteiger partial charge in [-0.25, -0.2) is 0 Å². The van der Waals surface area contributed by atoms with Gasteiger partial charge in [-0.05, 0) is 31.2 Å². The van der Waals surface area contributed by atoms with E-state index >= 15 is 0 Å². The molecule has 0 aliphatic rings. The van der Waals surface area contributed by atoms with Crippen LogP contribution in [-0.4, -0.2) is 24.5 Å². The molecule has 0 saturated heterocycles. The van der Waals surface area contributed by atoms with Crippen LogP contribution in [0, 0.1) is 6.92 Å². The Bertz CT molecular complexity index is 640. The molecule has 0 fully saturated rings. The second-order valence-corrected chi connectivity index (χ2v) is 5.39. The third-order valence-electron chi connectivity index (χ3n) is 2.88. The number of carbonyl (C=O) groups is 1. The van der Waals surface area contributed by atoms with Crippen LogP contribution < -0.4 is 4.74 Å². The van der Waals surface area contributed by atoms with E-state index in [1.165, 1.54) is 4.90 Å². The smallest absolute Gasteiger partial charge is 0.260 e. The van der Waals surface area contributed by atoms with E-state index in [1.54, 1.807) is 25.2 Å². The lowest BCUT2D eigenvalue weighted by Crippen LogP contribution is -2.30. The van der Waals surface area contributed by atoms with Crippen LogP contribution in [-0.2, 0) is 11.3 Å². The zero-order valence-electron chi connectivity index (χ0n) is 11.7. The SMILES string of the molecule is Cc1ccc(CN(C)C(=O)COc2cccc(Cl)c2Cl)o1. The number of hydrogen-bond acceptors (Lipinski definition) is 3. The first-order valence-corrected chi connectivity index (χ1v) is 7.09. The molecule has 0 aliphatic heterocycles. The molecule has 0 atom stereocenters. The highest BCUT2D eigenvalue weighted by Crippen LogP contribution is 2.31. The zero-order valence-corrected chi connectivity index (χ0v) is 13.2. The van der Waals surface area contributed by atoms with Gasteiger partial charge in [0.2, 0.25) is 0 Å². The number of furan rings is 1. The molecule has 0 saturated carbocycles. The first kappa shape index (κ1) is 15.7. The van der Waals surface area contributed by atoms with Gasteiger partial charge in [-0.3, -0.25) is 4.79 Å². The van der Waals surface area contributed by atoms with Crippen LogP contribution in [0.3, 0.4) is 0 Å². The van der Waals surface area contributed by atoms with Gasteiger partial charge in [-0.2, -0.15) is 0 Å². The lowest BCUT2D eigenvalue weighted by molar-refractivity contribution is -0.132. The van der Waals surface area contributed by atoms with E-state index in [-0.39, 0.29) is 12.5 Å². The van der Waals surface area contributed by atoms with E-state index in [1.807, 2.05) is 19.1 Å². The Hall–Kier alpha value is -1.65. The minimum atomic E-state index is -0.180. The van der Waals surface area contributed by atoms with Crippen molar-refractivity contribution in [1.82, 2.24) is 4.90 Å². The number of likely N-dealkylation sites (N-methyl/N-ethyl adjacent to an activating group) is 1. The highest BCUT2D eigenvalue weighted by Gasteiger charge is 2.13. The second-order valence-electron chi connectivity index (χ2n) is 4.60. The van der Waals surface area contributed by atoms with Crippen LogP contribution in [0.1, 0.15) is 11.5 Å². The average Bonchev–Trinajstić information content (AvgIpc) is 2.85. The number of ether oxygens (including phenoxy) is 1. The lowest BCUT2D eigenvalue weighted by Gasteiger charge is -2.16. The van der Waals surface area contributed by atoms with Crippen LogP contribution in [0.4, 0.5) is 0 Å². The van der Waals surface area contributed by atoms with Gasteiger partial charge in [0.05, 0.1) is 11.6 Å². The quantitative estimate of drug-likeness (QED) is 0.835. The summed E-state index contributed by atoms with van der Waals surface area (Å²) in [7, 11) is 1.68. The zero-order chi connectivity index (χ0) is 15.4. The summed E-state index contributed by atoms with van der Waals surface area (Å²) in [4.78, 5) is 13.5. The Morgan fingerprint density at radius 3 is 2.71 bits per heavy atom. The molecule has 0 radical (unpaired) electrons. The average molecular weight is 328 g/mol. The molecule has 0 unspecified atom stereocenters. The highest BCUT2D eigenvalue weighted by atomic mass is 35.5. The molecule has 2 aromatic rings. The van der Waals surface area contributed by atoms with Gasteiger partial charge in [0.25, 0.3) is 5.91 Å². The van der Waals surface area contributed by atoms with Gasteiger partial charge in [-0.15, -0.1) is 0 Å². The molecule has 1 heterocycles. The molecule has 0 N–H and O–H groups in total. The van der Waals surface area contributed by atoms with Crippen molar-refractivity contribution in [3.8, 4) is 5.75 Å². The Kier molecular flexibility index (Phi) is 5.15. The van der Waals surface area contributed by atoms with Gasteiger partial charge in [0, 0.05) is 7.05 Å². The van der Waals surface area contributed by atoms with Crippen molar-refractivity contribution in [3.63, 3.8) is 0 Å². The molecular formula is C15H15Cl2NO3. The number of nitrogens with zero attached hydrogens (tertiary/aromatic N) is 1. The van der Waals surface area contributed by atoms with Crippen LogP contribution in [0.15, 0.2) is 34.7 Å². The molecule has 1 amide bonds. The predicted molar refractivity (Wildman–Crippen MR) is 81.9 cm³/mol. The minimum Gasteiger partial charge on any atom is -0.482 e. The second kappa shape index (κ2) is 6.87. The third-order valence-corrected chi connectivity index (χ3v) is 3.68. The number of halogens is 2. The summed E-state index contributed by atoms with van der Waals surface area (Å²) >= 11 is 11.9. The molecule has 0 bridgehead atoms. The van der Waals surface area contributed by atoms with Crippen molar-refractivity contribution in [3.05, 3.63) is 51.9 Å². The van der Waals surface area contributed by atoms with Gasteiger partial charge >= 0.3 is 0 Å². The lowest BCUT2D eigenvalue weighted by atomic mass is 10.3. The Balaban J connectivity index is 1.90. The van der Waals surface area contributed by atoms with E-state index in [9.17, 15) is 4.79 Å². The Morgan fingerprint density at radius 1 is 1.29 bits per heavy atom. The largest absolute Gasteiger partial charge is 0.482 e. The summed E-state index contributed by atoms with van der Waals surface area (Å²) < 4.78 is 10.8. The Labute approximate surface area is 133 Å². The molecule has 1 aromatic carbocycles. The number of rotatable bonds is 5. The van der Waals surface area contributed by atoms with E-state index < -0.39 is 0 Å². The molecule has 6 heteroatoms. The summed E-state index contributed by atoms with van der Waals surface area (Å²) in [5.74, 6) is 1.75. The highest BCUT2D eigenvalue weighted by molar-refractivity contribution is 6.42. The standard InChI is InChI=1S/C15H15Cl2NO3/c1-10-6-7-11(21-10)8-18(2)14(19)9-20-13-5-3-4-12(16)15(13)17/h3-7H,8-9H2,1-2H3. The maximum Gasteiger partial charge on any atom is 0.260 e. The maximum absolute atomic E-state index is 12.0.